The Hall–Kier alpha value is -1.74. The number of rotatable bonds is 4. The van der Waals surface area contributed by atoms with Crippen LogP contribution in [0.1, 0.15) is 11.1 Å². The normalized spacial score (nSPS) is 10.7. The molecule has 0 aromatic heterocycles. The minimum Gasteiger partial charge on any atom is -0.496 e. The van der Waals surface area contributed by atoms with Gasteiger partial charge >= 0.3 is 0 Å². The molecule has 0 radical (unpaired) electrons. The molecule has 1 N–H and O–H groups in total. The zero-order chi connectivity index (χ0) is 13.1. The molecule has 0 saturated heterocycles. The number of aliphatic hydroxyl groups excluding tert-OH is 1. The largest absolute Gasteiger partial charge is 0.496 e. The van der Waals surface area contributed by atoms with Gasteiger partial charge in [-0.2, -0.15) is 0 Å². The average Bonchev–Trinajstić information content (AvgIpc) is 2.40. The molecular formula is C15H18O3. The van der Waals surface area contributed by atoms with Gasteiger partial charge in [0.05, 0.1) is 14.2 Å². The van der Waals surface area contributed by atoms with Crippen molar-refractivity contribution in [1.29, 1.82) is 0 Å². The first-order chi connectivity index (χ1) is 8.74. The van der Waals surface area contributed by atoms with Crippen molar-refractivity contribution in [2.24, 2.45) is 0 Å². The second kappa shape index (κ2) is 5.27. The summed E-state index contributed by atoms with van der Waals surface area (Å²) in [5.41, 5.74) is 2.04. The van der Waals surface area contributed by atoms with E-state index in [4.69, 9.17) is 9.47 Å². The van der Waals surface area contributed by atoms with Crippen molar-refractivity contribution in [2.45, 2.75) is 13.3 Å². The van der Waals surface area contributed by atoms with Crippen LogP contribution < -0.4 is 9.47 Å². The Bertz CT molecular complexity index is 561. The summed E-state index contributed by atoms with van der Waals surface area (Å²) in [7, 11) is 3.33. The van der Waals surface area contributed by atoms with Crippen LogP contribution in [0.25, 0.3) is 10.8 Å². The van der Waals surface area contributed by atoms with Gasteiger partial charge in [-0.05, 0) is 18.9 Å². The number of hydrogen-bond donors (Lipinski definition) is 1. The molecule has 0 aliphatic heterocycles. The van der Waals surface area contributed by atoms with Gasteiger partial charge in [-0.15, -0.1) is 0 Å². The molecule has 0 fully saturated rings. The van der Waals surface area contributed by atoms with Crippen LogP contribution in [0.3, 0.4) is 0 Å². The van der Waals surface area contributed by atoms with Gasteiger partial charge in [0.25, 0.3) is 0 Å². The standard InChI is InChI=1S/C15H18O3/c1-10-11(8-9-16)15(18-3)13-7-5-4-6-12(13)14(10)17-2/h4-7,16H,8-9H2,1-3H3. The van der Waals surface area contributed by atoms with Crippen molar-refractivity contribution in [3.05, 3.63) is 35.4 Å². The third-order valence-electron chi connectivity index (χ3n) is 3.25. The SMILES string of the molecule is COc1c(C)c(CCO)c(OC)c2ccccc12. The maximum Gasteiger partial charge on any atom is 0.130 e. The lowest BCUT2D eigenvalue weighted by molar-refractivity contribution is 0.296. The molecule has 3 heteroatoms. The lowest BCUT2D eigenvalue weighted by atomic mass is 9.97. The topological polar surface area (TPSA) is 38.7 Å². The van der Waals surface area contributed by atoms with Crippen molar-refractivity contribution in [1.82, 2.24) is 0 Å². The van der Waals surface area contributed by atoms with Crippen LogP contribution in [0.15, 0.2) is 24.3 Å². The Labute approximate surface area is 107 Å². The van der Waals surface area contributed by atoms with E-state index in [1.807, 2.05) is 31.2 Å². The van der Waals surface area contributed by atoms with Gasteiger partial charge in [0, 0.05) is 22.9 Å². The Morgan fingerprint density at radius 2 is 1.56 bits per heavy atom. The minimum absolute atomic E-state index is 0.0959. The second-order valence-corrected chi connectivity index (χ2v) is 4.19. The van der Waals surface area contributed by atoms with E-state index >= 15 is 0 Å². The molecule has 0 aliphatic rings. The van der Waals surface area contributed by atoms with Crippen LogP contribution in [-0.2, 0) is 6.42 Å². The molecule has 2 aromatic carbocycles. The van der Waals surface area contributed by atoms with Crippen molar-refractivity contribution in [3.8, 4) is 11.5 Å². The van der Waals surface area contributed by atoms with E-state index in [1.54, 1.807) is 14.2 Å². The fourth-order valence-corrected chi connectivity index (χ4v) is 2.46. The first kappa shape index (κ1) is 12.7. The zero-order valence-electron chi connectivity index (χ0n) is 11.0. The van der Waals surface area contributed by atoms with Gasteiger partial charge in [-0.25, -0.2) is 0 Å². The van der Waals surface area contributed by atoms with E-state index in [9.17, 15) is 5.11 Å². The van der Waals surface area contributed by atoms with Crippen LogP contribution in [0, 0.1) is 6.92 Å². The number of benzene rings is 2. The Morgan fingerprint density at radius 3 is 2.06 bits per heavy atom. The van der Waals surface area contributed by atoms with Crippen LogP contribution in [0.2, 0.25) is 0 Å². The molecule has 0 bridgehead atoms. The molecule has 0 saturated carbocycles. The van der Waals surface area contributed by atoms with Gasteiger partial charge in [-0.1, -0.05) is 24.3 Å². The summed E-state index contributed by atoms with van der Waals surface area (Å²) in [4.78, 5) is 0. The summed E-state index contributed by atoms with van der Waals surface area (Å²) in [6.07, 6.45) is 0.566. The molecular weight excluding hydrogens is 228 g/mol. The first-order valence-electron chi connectivity index (χ1n) is 5.97. The fourth-order valence-electron chi connectivity index (χ4n) is 2.46. The molecule has 2 rings (SSSR count). The highest BCUT2D eigenvalue weighted by Gasteiger charge is 2.17. The summed E-state index contributed by atoms with van der Waals surface area (Å²) in [5, 5.41) is 11.3. The monoisotopic (exact) mass is 246 g/mol. The second-order valence-electron chi connectivity index (χ2n) is 4.19. The molecule has 0 spiro atoms. The third-order valence-corrected chi connectivity index (χ3v) is 3.25. The van der Waals surface area contributed by atoms with Crippen molar-refractivity contribution < 1.29 is 14.6 Å². The number of fused-ring (bicyclic) bond motifs is 1. The third kappa shape index (κ3) is 1.91. The van der Waals surface area contributed by atoms with Crippen molar-refractivity contribution in [2.75, 3.05) is 20.8 Å². The predicted molar refractivity (Wildman–Crippen MR) is 72.6 cm³/mol. The predicted octanol–water partition coefficient (Wildman–Crippen LogP) is 2.70. The van der Waals surface area contributed by atoms with E-state index in [0.29, 0.717) is 6.42 Å². The van der Waals surface area contributed by atoms with E-state index in [0.717, 1.165) is 33.4 Å². The highest BCUT2D eigenvalue weighted by Crippen LogP contribution is 2.40. The van der Waals surface area contributed by atoms with E-state index in [-0.39, 0.29) is 6.61 Å². The molecule has 0 heterocycles. The quantitative estimate of drug-likeness (QED) is 0.901. The van der Waals surface area contributed by atoms with Gasteiger partial charge in [0.15, 0.2) is 0 Å². The lowest BCUT2D eigenvalue weighted by Crippen LogP contribution is -2.02. The number of ether oxygens (including phenoxy) is 2. The molecule has 96 valence electrons. The molecule has 0 unspecified atom stereocenters. The molecule has 18 heavy (non-hydrogen) atoms. The van der Waals surface area contributed by atoms with Crippen molar-refractivity contribution in [3.63, 3.8) is 0 Å². The summed E-state index contributed by atoms with van der Waals surface area (Å²) in [5.74, 6) is 1.69. The van der Waals surface area contributed by atoms with Gasteiger partial charge in [-0.3, -0.25) is 0 Å². The maximum atomic E-state index is 9.20. The zero-order valence-corrected chi connectivity index (χ0v) is 11.0. The van der Waals surface area contributed by atoms with Crippen LogP contribution in [-0.4, -0.2) is 25.9 Å². The van der Waals surface area contributed by atoms with Gasteiger partial charge in [0.2, 0.25) is 0 Å². The highest BCUT2D eigenvalue weighted by atomic mass is 16.5. The maximum absolute atomic E-state index is 9.20. The Morgan fingerprint density at radius 1 is 1.00 bits per heavy atom. The summed E-state index contributed by atoms with van der Waals surface area (Å²) in [6.45, 7) is 2.09. The van der Waals surface area contributed by atoms with Crippen molar-refractivity contribution >= 4 is 10.8 Å². The summed E-state index contributed by atoms with van der Waals surface area (Å²) >= 11 is 0. The van der Waals surface area contributed by atoms with Gasteiger partial charge in [0.1, 0.15) is 11.5 Å². The summed E-state index contributed by atoms with van der Waals surface area (Å²) in [6, 6.07) is 7.99. The number of methoxy groups -OCH3 is 2. The molecule has 0 atom stereocenters. The Balaban J connectivity index is 2.86. The van der Waals surface area contributed by atoms with E-state index < -0.39 is 0 Å². The molecule has 0 amide bonds. The van der Waals surface area contributed by atoms with E-state index in [1.165, 1.54) is 0 Å². The Kier molecular flexibility index (Phi) is 3.72. The lowest BCUT2D eigenvalue weighted by Gasteiger charge is -2.18. The number of aliphatic hydroxyl groups is 1. The fraction of sp³-hybridized carbons (Fsp3) is 0.333. The smallest absolute Gasteiger partial charge is 0.130 e. The minimum atomic E-state index is 0.0959. The van der Waals surface area contributed by atoms with Crippen LogP contribution >= 0.6 is 0 Å². The van der Waals surface area contributed by atoms with Crippen LogP contribution in [0.4, 0.5) is 0 Å². The number of hydrogen-bond acceptors (Lipinski definition) is 3. The highest BCUT2D eigenvalue weighted by molar-refractivity contribution is 5.96. The molecule has 0 aliphatic carbocycles. The molecule has 3 nitrogen and oxygen atoms in total. The average molecular weight is 246 g/mol. The van der Waals surface area contributed by atoms with E-state index in [2.05, 4.69) is 0 Å². The first-order valence-corrected chi connectivity index (χ1v) is 5.97. The molecule has 2 aromatic rings. The van der Waals surface area contributed by atoms with Gasteiger partial charge < -0.3 is 14.6 Å². The van der Waals surface area contributed by atoms with Crippen LogP contribution in [0.5, 0.6) is 11.5 Å². The summed E-state index contributed by atoms with van der Waals surface area (Å²) < 4.78 is 11.0.